The van der Waals surface area contributed by atoms with Crippen molar-refractivity contribution in [2.75, 3.05) is 18.5 Å². The van der Waals surface area contributed by atoms with Gasteiger partial charge in [-0.15, -0.1) is 0 Å². The van der Waals surface area contributed by atoms with Gasteiger partial charge < -0.3 is 20.1 Å². The maximum atomic E-state index is 12.1. The first-order chi connectivity index (χ1) is 16.7. The highest BCUT2D eigenvalue weighted by atomic mass is 16.5. The second-order valence-electron chi connectivity index (χ2n) is 9.18. The molecule has 35 heavy (non-hydrogen) atoms. The summed E-state index contributed by atoms with van der Waals surface area (Å²) < 4.78 is 11.4. The zero-order valence-corrected chi connectivity index (χ0v) is 20.6. The Morgan fingerprint density at radius 1 is 1.03 bits per heavy atom. The van der Waals surface area contributed by atoms with Crippen molar-refractivity contribution in [1.29, 1.82) is 0 Å². The minimum absolute atomic E-state index is 0.0785. The predicted molar refractivity (Wildman–Crippen MR) is 136 cm³/mol. The molecule has 0 saturated heterocycles. The Bertz CT molecular complexity index is 1340. The van der Waals surface area contributed by atoms with Crippen molar-refractivity contribution >= 4 is 28.4 Å². The standard InChI is InChI=1S/C26H30N6O3/c1-6-34-19-10-11-21-20(14-19)25(28-22-12-16(2)31-32-22)29-24(27-21)17-8-7-9-18(13-17)35-15-23(33)30-26(3,4)5/h7-14H,6,15H2,1-5H3,(H,30,33)(H2,27,28,29,31,32). The third kappa shape index (κ3) is 6.26. The number of hydrogen-bond acceptors (Lipinski definition) is 7. The number of aromatic nitrogens is 4. The summed E-state index contributed by atoms with van der Waals surface area (Å²) in [7, 11) is 0. The van der Waals surface area contributed by atoms with Crippen molar-refractivity contribution in [2.24, 2.45) is 0 Å². The molecule has 9 heteroatoms. The highest BCUT2D eigenvalue weighted by Crippen LogP contribution is 2.31. The summed E-state index contributed by atoms with van der Waals surface area (Å²) in [6.45, 7) is 10.1. The number of carbonyl (C=O) groups is 1. The van der Waals surface area contributed by atoms with Crippen LogP contribution in [0.5, 0.6) is 11.5 Å². The first-order valence-electron chi connectivity index (χ1n) is 11.5. The SMILES string of the molecule is CCOc1ccc2nc(-c3cccc(OCC(=O)NC(C)(C)C)c3)nc(Nc3cc(C)[nH]n3)c2c1. The molecule has 0 aliphatic rings. The molecule has 3 N–H and O–H groups in total. The largest absolute Gasteiger partial charge is 0.494 e. The minimum atomic E-state index is -0.320. The molecule has 0 aliphatic heterocycles. The smallest absolute Gasteiger partial charge is 0.258 e. The molecule has 9 nitrogen and oxygen atoms in total. The number of nitrogens with one attached hydrogen (secondary N) is 3. The topological polar surface area (TPSA) is 114 Å². The molecule has 0 spiro atoms. The maximum absolute atomic E-state index is 12.1. The summed E-state index contributed by atoms with van der Waals surface area (Å²) in [6, 6.07) is 15.0. The Kier molecular flexibility index (Phi) is 6.86. The molecule has 4 rings (SSSR count). The van der Waals surface area contributed by atoms with E-state index in [0.717, 1.165) is 27.9 Å². The average Bonchev–Trinajstić information content (AvgIpc) is 3.21. The van der Waals surface area contributed by atoms with Gasteiger partial charge in [0.25, 0.3) is 5.91 Å². The van der Waals surface area contributed by atoms with Gasteiger partial charge in [-0.2, -0.15) is 5.10 Å². The van der Waals surface area contributed by atoms with E-state index in [4.69, 9.17) is 19.4 Å². The van der Waals surface area contributed by atoms with Crippen LogP contribution in [0, 0.1) is 6.92 Å². The second-order valence-corrected chi connectivity index (χ2v) is 9.18. The molecule has 2 aromatic carbocycles. The number of hydrogen-bond donors (Lipinski definition) is 3. The second kappa shape index (κ2) is 10.0. The van der Waals surface area contributed by atoms with Gasteiger partial charge in [-0.05, 0) is 65.0 Å². The number of amides is 1. The lowest BCUT2D eigenvalue weighted by Gasteiger charge is -2.20. The van der Waals surface area contributed by atoms with Crippen LogP contribution in [0.3, 0.4) is 0 Å². The summed E-state index contributed by atoms with van der Waals surface area (Å²) in [6.07, 6.45) is 0. The fourth-order valence-corrected chi connectivity index (χ4v) is 3.52. The Morgan fingerprint density at radius 3 is 2.54 bits per heavy atom. The van der Waals surface area contributed by atoms with Crippen molar-refractivity contribution < 1.29 is 14.3 Å². The molecule has 2 aromatic heterocycles. The number of rotatable bonds is 8. The monoisotopic (exact) mass is 474 g/mol. The number of fused-ring (bicyclic) bond motifs is 1. The average molecular weight is 475 g/mol. The molecule has 1 amide bonds. The van der Waals surface area contributed by atoms with E-state index in [0.29, 0.717) is 29.8 Å². The minimum Gasteiger partial charge on any atom is -0.494 e. The van der Waals surface area contributed by atoms with Gasteiger partial charge in [0.1, 0.15) is 17.3 Å². The van der Waals surface area contributed by atoms with Crippen LogP contribution in [0.4, 0.5) is 11.6 Å². The normalized spacial score (nSPS) is 11.3. The van der Waals surface area contributed by atoms with Crippen molar-refractivity contribution in [3.8, 4) is 22.9 Å². The van der Waals surface area contributed by atoms with E-state index >= 15 is 0 Å². The molecule has 182 valence electrons. The number of benzene rings is 2. The summed E-state index contributed by atoms with van der Waals surface area (Å²) in [5.41, 5.74) is 2.13. The zero-order chi connectivity index (χ0) is 25.0. The van der Waals surface area contributed by atoms with Crippen LogP contribution in [0.15, 0.2) is 48.5 Å². The van der Waals surface area contributed by atoms with Crippen molar-refractivity contribution in [3.05, 3.63) is 54.2 Å². The van der Waals surface area contributed by atoms with Crippen molar-refractivity contribution in [1.82, 2.24) is 25.5 Å². The van der Waals surface area contributed by atoms with Gasteiger partial charge in [-0.3, -0.25) is 9.89 Å². The van der Waals surface area contributed by atoms with Crippen LogP contribution in [-0.4, -0.2) is 44.8 Å². The lowest BCUT2D eigenvalue weighted by molar-refractivity contribution is -0.124. The number of aromatic amines is 1. The van der Waals surface area contributed by atoms with E-state index in [1.807, 2.05) is 77.1 Å². The molecule has 2 heterocycles. The van der Waals surface area contributed by atoms with Crippen LogP contribution in [0.2, 0.25) is 0 Å². The third-order valence-corrected chi connectivity index (χ3v) is 4.91. The lowest BCUT2D eigenvalue weighted by Crippen LogP contribution is -2.43. The van der Waals surface area contributed by atoms with E-state index in [-0.39, 0.29) is 18.1 Å². The number of H-pyrrole nitrogens is 1. The molecule has 0 unspecified atom stereocenters. The predicted octanol–water partition coefficient (Wildman–Crippen LogP) is 4.76. The number of aryl methyl sites for hydroxylation is 1. The first kappa shape index (κ1) is 24.0. The molecule has 0 fully saturated rings. The van der Waals surface area contributed by atoms with E-state index < -0.39 is 0 Å². The van der Waals surface area contributed by atoms with Crippen LogP contribution < -0.4 is 20.1 Å². The number of ether oxygens (including phenoxy) is 2. The highest BCUT2D eigenvalue weighted by Gasteiger charge is 2.15. The quantitative estimate of drug-likeness (QED) is 0.337. The van der Waals surface area contributed by atoms with Crippen LogP contribution in [0.25, 0.3) is 22.3 Å². The Morgan fingerprint density at radius 2 is 1.83 bits per heavy atom. The first-order valence-corrected chi connectivity index (χ1v) is 11.5. The van der Waals surface area contributed by atoms with E-state index in [2.05, 4.69) is 20.8 Å². The van der Waals surface area contributed by atoms with Crippen LogP contribution in [0.1, 0.15) is 33.4 Å². The van der Waals surface area contributed by atoms with Gasteiger partial charge in [-0.25, -0.2) is 9.97 Å². The molecule has 0 atom stereocenters. The van der Waals surface area contributed by atoms with Gasteiger partial charge in [0.2, 0.25) is 0 Å². The summed E-state index contributed by atoms with van der Waals surface area (Å²) in [5.74, 6) is 2.88. The lowest BCUT2D eigenvalue weighted by atomic mass is 10.1. The summed E-state index contributed by atoms with van der Waals surface area (Å²) in [4.78, 5) is 21.7. The van der Waals surface area contributed by atoms with Gasteiger partial charge in [0.15, 0.2) is 18.2 Å². The maximum Gasteiger partial charge on any atom is 0.258 e. The van der Waals surface area contributed by atoms with E-state index in [1.165, 1.54) is 0 Å². The Labute approximate surface area is 204 Å². The van der Waals surface area contributed by atoms with Gasteiger partial charge >= 0.3 is 0 Å². The number of nitrogens with zero attached hydrogens (tertiary/aromatic N) is 3. The highest BCUT2D eigenvalue weighted by molar-refractivity contribution is 5.93. The fourth-order valence-electron chi connectivity index (χ4n) is 3.52. The summed E-state index contributed by atoms with van der Waals surface area (Å²) >= 11 is 0. The summed E-state index contributed by atoms with van der Waals surface area (Å²) in [5, 5.41) is 14.2. The molecule has 0 aliphatic carbocycles. The van der Waals surface area contributed by atoms with Gasteiger partial charge in [0, 0.05) is 28.2 Å². The van der Waals surface area contributed by atoms with Crippen molar-refractivity contribution in [2.45, 2.75) is 40.2 Å². The molecule has 0 bridgehead atoms. The number of anilines is 2. The van der Waals surface area contributed by atoms with Gasteiger partial charge in [0.05, 0.1) is 12.1 Å². The number of carbonyl (C=O) groups excluding carboxylic acids is 1. The third-order valence-electron chi connectivity index (χ3n) is 4.91. The molecule has 0 radical (unpaired) electrons. The van der Waals surface area contributed by atoms with Gasteiger partial charge in [-0.1, -0.05) is 12.1 Å². The molecule has 0 saturated carbocycles. The van der Waals surface area contributed by atoms with Crippen LogP contribution in [-0.2, 0) is 4.79 Å². The Hall–Kier alpha value is -4.14. The Balaban J connectivity index is 1.66. The van der Waals surface area contributed by atoms with Crippen LogP contribution >= 0.6 is 0 Å². The molecular weight excluding hydrogens is 444 g/mol. The molecular formula is C26H30N6O3. The van der Waals surface area contributed by atoms with E-state index in [1.54, 1.807) is 6.07 Å². The van der Waals surface area contributed by atoms with E-state index in [9.17, 15) is 4.79 Å². The van der Waals surface area contributed by atoms with Crippen molar-refractivity contribution in [3.63, 3.8) is 0 Å². The fraction of sp³-hybridized carbons (Fsp3) is 0.308. The zero-order valence-electron chi connectivity index (χ0n) is 20.6. The molecule has 4 aromatic rings.